The Labute approximate surface area is 141 Å². The minimum atomic E-state index is -3.74. The summed E-state index contributed by atoms with van der Waals surface area (Å²) in [5.74, 6) is 0. The Bertz CT molecular complexity index is 801. The second-order valence-corrected chi connectivity index (χ2v) is 7.44. The van der Waals surface area contributed by atoms with E-state index < -0.39 is 10.0 Å². The maximum atomic E-state index is 11.4. The Hall–Kier alpha value is -1.60. The van der Waals surface area contributed by atoms with E-state index in [4.69, 9.17) is 16.7 Å². The standard InChI is InChI=1S/C16H18ClN3O2S/c17-16-11-14(23(18,21)22)5-6-15(16)12-1-3-13(4-2-12)20-9-7-19-8-10-20/h1-6,11,19H,7-10H2,(H2,18,21,22). The van der Waals surface area contributed by atoms with Crippen LogP contribution in [-0.4, -0.2) is 34.6 Å². The maximum Gasteiger partial charge on any atom is 0.238 e. The topological polar surface area (TPSA) is 75.4 Å². The highest BCUT2D eigenvalue weighted by Crippen LogP contribution is 2.31. The molecule has 2 aromatic carbocycles. The van der Waals surface area contributed by atoms with Gasteiger partial charge in [0.1, 0.15) is 0 Å². The van der Waals surface area contributed by atoms with Crippen molar-refractivity contribution in [1.29, 1.82) is 0 Å². The van der Waals surface area contributed by atoms with E-state index in [2.05, 4.69) is 22.3 Å². The Balaban J connectivity index is 1.87. The molecule has 5 nitrogen and oxygen atoms in total. The summed E-state index contributed by atoms with van der Waals surface area (Å²) in [6, 6.07) is 12.7. The zero-order valence-corrected chi connectivity index (χ0v) is 14.1. The molecule has 0 radical (unpaired) electrons. The number of halogens is 1. The van der Waals surface area contributed by atoms with Gasteiger partial charge in [-0.3, -0.25) is 0 Å². The zero-order valence-electron chi connectivity index (χ0n) is 12.5. The zero-order chi connectivity index (χ0) is 16.4. The highest BCUT2D eigenvalue weighted by molar-refractivity contribution is 7.89. The van der Waals surface area contributed by atoms with E-state index in [0.717, 1.165) is 37.3 Å². The molecule has 7 heteroatoms. The van der Waals surface area contributed by atoms with Crippen molar-refractivity contribution < 1.29 is 8.42 Å². The van der Waals surface area contributed by atoms with Crippen molar-refractivity contribution in [2.45, 2.75) is 4.90 Å². The molecule has 122 valence electrons. The molecule has 1 aliphatic rings. The first-order valence-corrected chi connectivity index (χ1v) is 9.26. The van der Waals surface area contributed by atoms with Crippen molar-refractivity contribution in [2.75, 3.05) is 31.1 Å². The molecule has 2 aromatic rings. The molecule has 0 bridgehead atoms. The molecule has 3 rings (SSSR count). The lowest BCUT2D eigenvalue weighted by atomic mass is 10.0. The van der Waals surface area contributed by atoms with Crippen LogP contribution in [0, 0.1) is 0 Å². The van der Waals surface area contributed by atoms with Gasteiger partial charge in [-0.1, -0.05) is 29.8 Å². The van der Waals surface area contributed by atoms with Crippen LogP contribution in [0.5, 0.6) is 0 Å². The molecule has 0 aromatic heterocycles. The summed E-state index contributed by atoms with van der Waals surface area (Å²) in [6.45, 7) is 3.96. The first-order valence-electron chi connectivity index (χ1n) is 7.33. The van der Waals surface area contributed by atoms with Gasteiger partial charge in [-0.2, -0.15) is 0 Å². The fourth-order valence-corrected chi connectivity index (χ4v) is 3.58. The third-order valence-corrected chi connectivity index (χ3v) is 5.15. The Morgan fingerprint density at radius 3 is 2.26 bits per heavy atom. The summed E-state index contributed by atoms with van der Waals surface area (Å²) in [5.41, 5.74) is 2.90. The molecule has 23 heavy (non-hydrogen) atoms. The average Bonchev–Trinajstić information content (AvgIpc) is 2.55. The van der Waals surface area contributed by atoms with Gasteiger partial charge in [0.15, 0.2) is 0 Å². The van der Waals surface area contributed by atoms with E-state index in [0.29, 0.717) is 5.02 Å². The van der Waals surface area contributed by atoms with E-state index in [1.807, 2.05) is 12.1 Å². The summed E-state index contributed by atoms with van der Waals surface area (Å²) in [6.07, 6.45) is 0. The predicted molar refractivity (Wildman–Crippen MR) is 93.3 cm³/mol. The minimum absolute atomic E-state index is 0.0173. The second kappa shape index (κ2) is 6.49. The molecule has 1 saturated heterocycles. The predicted octanol–water partition coefficient (Wildman–Crippen LogP) is 2.06. The Morgan fingerprint density at radius 1 is 1.04 bits per heavy atom. The van der Waals surface area contributed by atoms with Crippen LogP contribution in [0.2, 0.25) is 5.02 Å². The molecular formula is C16H18ClN3O2S. The van der Waals surface area contributed by atoms with Crippen LogP contribution in [0.3, 0.4) is 0 Å². The molecule has 1 aliphatic heterocycles. The SMILES string of the molecule is NS(=O)(=O)c1ccc(-c2ccc(N3CCNCC3)cc2)c(Cl)c1. The number of nitrogens with two attached hydrogens (primary N) is 1. The molecule has 1 fully saturated rings. The van der Waals surface area contributed by atoms with E-state index in [9.17, 15) is 8.42 Å². The number of benzene rings is 2. The van der Waals surface area contributed by atoms with Crippen molar-refractivity contribution in [2.24, 2.45) is 5.14 Å². The van der Waals surface area contributed by atoms with Gasteiger partial charge in [-0.05, 0) is 29.8 Å². The van der Waals surface area contributed by atoms with Gasteiger partial charge < -0.3 is 10.2 Å². The van der Waals surface area contributed by atoms with E-state index in [-0.39, 0.29) is 4.90 Å². The van der Waals surface area contributed by atoms with Crippen molar-refractivity contribution in [3.05, 3.63) is 47.5 Å². The lowest BCUT2D eigenvalue weighted by Gasteiger charge is -2.29. The number of nitrogens with one attached hydrogen (secondary N) is 1. The van der Waals surface area contributed by atoms with Gasteiger partial charge in [0.2, 0.25) is 10.0 Å². The number of hydrogen-bond donors (Lipinski definition) is 2. The van der Waals surface area contributed by atoms with Crippen LogP contribution < -0.4 is 15.4 Å². The fourth-order valence-electron chi connectivity index (χ4n) is 2.68. The van der Waals surface area contributed by atoms with E-state index >= 15 is 0 Å². The van der Waals surface area contributed by atoms with Gasteiger partial charge in [-0.15, -0.1) is 0 Å². The molecule has 1 heterocycles. The number of piperazine rings is 1. The Morgan fingerprint density at radius 2 is 1.70 bits per heavy atom. The lowest BCUT2D eigenvalue weighted by Crippen LogP contribution is -2.43. The molecule has 0 amide bonds. The quantitative estimate of drug-likeness (QED) is 0.887. The average molecular weight is 352 g/mol. The van der Waals surface area contributed by atoms with Crippen molar-refractivity contribution in [3.63, 3.8) is 0 Å². The molecule has 3 N–H and O–H groups in total. The van der Waals surface area contributed by atoms with Crippen LogP contribution in [0.15, 0.2) is 47.4 Å². The molecule has 0 atom stereocenters. The Kier molecular flexibility index (Phi) is 4.59. The number of nitrogens with zero attached hydrogens (tertiary/aromatic N) is 1. The number of rotatable bonds is 3. The third-order valence-electron chi connectivity index (χ3n) is 3.93. The summed E-state index contributed by atoms with van der Waals surface area (Å²) in [5, 5.41) is 8.82. The van der Waals surface area contributed by atoms with Crippen molar-refractivity contribution >= 4 is 27.3 Å². The number of primary sulfonamides is 1. The largest absolute Gasteiger partial charge is 0.369 e. The first-order chi connectivity index (χ1) is 10.9. The molecule has 0 saturated carbocycles. The van der Waals surface area contributed by atoms with Crippen LogP contribution in [0.25, 0.3) is 11.1 Å². The van der Waals surface area contributed by atoms with E-state index in [1.54, 1.807) is 6.07 Å². The first kappa shape index (κ1) is 16.3. The highest BCUT2D eigenvalue weighted by Gasteiger charge is 2.13. The van der Waals surface area contributed by atoms with Crippen LogP contribution in [0.4, 0.5) is 5.69 Å². The van der Waals surface area contributed by atoms with Crippen LogP contribution >= 0.6 is 11.6 Å². The highest BCUT2D eigenvalue weighted by atomic mass is 35.5. The van der Waals surface area contributed by atoms with Crippen molar-refractivity contribution in [1.82, 2.24) is 5.32 Å². The van der Waals surface area contributed by atoms with Gasteiger partial charge in [0.05, 0.1) is 4.90 Å². The maximum absolute atomic E-state index is 11.4. The lowest BCUT2D eigenvalue weighted by molar-refractivity contribution is 0.589. The summed E-state index contributed by atoms with van der Waals surface area (Å²) < 4.78 is 22.7. The van der Waals surface area contributed by atoms with E-state index in [1.165, 1.54) is 17.8 Å². The van der Waals surface area contributed by atoms with Gasteiger partial charge in [0.25, 0.3) is 0 Å². The fraction of sp³-hybridized carbons (Fsp3) is 0.250. The van der Waals surface area contributed by atoms with Gasteiger partial charge in [-0.25, -0.2) is 13.6 Å². The van der Waals surface area contributed by atoms with Gasteiger partial charge in [0, 0.05) is 42.5 Å². The number of hydrogen-bond acceptors (Lipinski definition) is 4. The molecular weight excluding hydrogens is 334 g/mol. The molecule has 0 spiro atoms. The summed E-state index contributed by atoms with van der Waals surface area (Å²) >= 11 is 6.22. The third kappa shape index (κ3) is 3.67. The number of anilines is 1. The molecule has 0 aliphatic carbocycles. The molecule has 0 unspecified atom stereocenters. The summed E-state index contributed by atoms with van der Waals surface area (Å²) in [4.78, 5) is 2.34. The smallest absolute Gasteiger partial charge is 0.238 e. The summed E-state index contributed by atoms with van der Waals surface area (Å²) in [7, 11) is -3.74. The van der Waals surface area contributed by atoms with Gasteiger partial charge >= 0.3 is 0 Å². The minimum Gasteiger partial charge on any atom is -0.369 e. The normalized spacial score (nSPS) is 15.7. The monoisotopic (exact) mass is 351 g/mol. The number of sulfonamides is 1. The van der Waals surface area contributed by atoms with Crippen LogP contribution in [-0.2, 0) is 10.0 Å². The van der Waals surface area contributed by atoms with Crippen LogP contribution in [0.1, 0.15) is 0 Å². The van der Waals surface area contributed by atoms with Crippen molar-refractivity contribution in [3.8, 4) is 11.1 Å². The second-order valence-electron chi connectivity index (χ2n) is 5.47.